The van der Waals surface area contributed by atoms with Gasteiger partial charge in [-0.25, -0.2) is 0 Å². The van der Waals surface area contributed by atoms with Gasteiger partial charge in [-0.1, -0.05) is 36.4 Å². The van der Waals surface area contributed by atoms with Crippen LogP contribution in [0.25, 0.3) is 0 Å². The molecular formula is C13H14O3S. The molecule has 2 aromatic carbocycles. The van der Waals surface area contributed by atoms with E-state index in [9.17, 15) is 4.55 Å². The molecule has 0 fully saturated rings. The molecule has 0 saturated heterocycles. The summed E-state index contributed by atoms with van der Waals surface area (Å²) in [7, 11) is -2.59. The lowest BCUT2D eigenvalue weighted by Gasteiger charge is -2.28. The molecule has 17 heavy (non-hydrogen) atoms. The number of hydrogen-bond donors (Lipinski definition) is 1. The minimum atomic E-state index is -2.59. The zero-order chi connectivity index (χ0) is 12.1. The maximum Gasteiger partial charge on any atom is 0.175 e. The van der Waals surface area contributed by atoms with Crippen LogP contribution in [0.5, 0.6) is 11.5 Å². The summed E-state index contributed by atoms with van der Waals surface area (Å²) < 4.78 is 20.9. The molecule has 0 heterocycles. The highest BCUT2D eigenvalue weighted by Crippen LogP contribution is 2.42. The Morgan fingerprint density at radius 1 is 0.765 bits per heavy atom. The molecule has 2 rings (SSSR count). The molecule has 0 atom stereocenters. The summed E-state index contributed by atoms with van der Waals surface area (Å²) in [6, 6.07) is 18.2. The van der Waals surface area contributed by atoms with Gasteiger partial charge in [0.25, 0.3) is 0 Å². The van der Waals surface area contributed by atoms with E-state index in [0.29, 0.717) is 11.5 Å². The molecule has 0 radical (unpaired) electrons. The quantitative estimate of drug-likeness (QED) is 0.894. The van der Waals surface area contributed by atoms with Gasteiger partial charge in [0.05, 0.1) is 6.26 Å². The summed E-state index contributed by atoms with van der Waals surface area (Å²) in [5, 5.41) is 0. The fourth-order valence-corrected chi connectivity index (χ4v) is 2.30. The van der Waals surface area contributed by atoms with Gasteiger partial charge >= 0.3 is 0 Å². The van der Waals surface area contributed by atoms with E-state index in [1.807, 2.05) is 36.4 Å². The first-order valence-corrected chi connectivity index (χ1v) is 7.00. The molecule has 2 aromatic rings. The summed E-state index contributed by atoms with van der Waals surface area (Å²) >= 11 is 0. The van der Waals surface area contributed by atoms with Crippen LogP contribution in [0, 0.1) is 0 Å². The second-order valence-electron chi connectivity index (χ2n) is 3.53. The maximum absolute atomic E-state index is 10.1. The molecule has 0 unspecified atom stereocenters. The lowest BCUT2D eigenvalue weighted by atomic mass is 10.3. The fourth-order valence-electron chi connectivity index (χ4n) is 1.33. The SMILES string of the molecule is CS(O)(Oc1ccccc1)Oc1ccccc1. The minimum Gasteiger partial charge on any atom is -0.395 e. The van der Waals surface area contributed by atoms with Crippen LogP contribution in [0.4, 0.5) is 0 Å². The predicted octanol–water partition coefficient (Wildman–Crippen LogP) is 3.88. The average molecular weight is 250 g/mol. The first-order valence-electron chi connectivity index (χ1n) is 5.15. The number of rotatable bonds is 4. The van der Waals surface area contributed by atoms with Crippen molar-refractivity contribution in [2.75, 3.05) is 6.26 Å². The largest absolute Gasteiger partial charge is 0.395 e. The third kappa shape index (κ3) is 3.69. The number of para-hydroxylation sites is 2. The second kappa shape index (κ2) is 5.12. The zero-order valence-corrected chi connectivity index (χ0v) is 10.3. The van der Waals surface area contributed by atoms with Crippen molar-refractivity contribution in [2.24, 2.45) is 0 Å². The van der Waals surface area contributed by atoms with Crippen molar-refractivity contribution in [3.05, 3.63) is 60.7 Å². The summed E-state index contributed by atoms with van der Waals surface area (Å²) in [5.41, 5.74) is 0. The highest BCUT2D eigenvalue weighted by Gasteiger charge is 2.18. The molecule has 1 N–H and O–H groups in total. The van der Waals surface area contributed by atoms with E-state index in [1.165, 1.54) is 6.26 Å². The van der Waals surface area contributed by atoms with E-state index in [-0.39, 0.29) is 0 Å². The Labute approximate surface area is 103 Å². The van der Waals surface area contributed by atoms with Gasteiger partial charge in [0.2, 0.25) is 0 Å². The van der Waals surface area contributed by atoms with Crippen molar-refractivity contribution in [3.8, 4) is 11.5 Å². The Balaban J connectivity index is 2.04. The maximum atomic E-state index is 10.1. The van der Waals surface area contributed by atoms with E-state index in [4.69, 9.17) is 8.37 Å². The van der Waals surface area contributed by atoms with Crippen LogP contribution in [0.15, 0.2) is 60.7 Å². The highest BCUT2D eigenvalue weighted by atomic mass is 32.3. The molecule has 90 valence electrons. The van der Waals surface area contributed by atoms with Crippen molar-refractivity contribution >= 4 is 10.9 Å². The molecule has 0 aliphatic heterocycles. The highest BCUT2D eigenvalue weighted by molar-refractivity contribution is 8.21. The molecule has 0 aromatic heterocycles. The topological polar surface area (TPSA) is 38.7 Å². The average Bonchev–Trinajstić information content (AvgIpc) is 2.30. The minimum absolute atomic E-state index is 0.587. The van der Waals surface area contributed by atoms with Crippen molar-refractivity contribution in [2.45, 2.75) is 0 Å². The Morgan fingerprint density at radius 3 is 1.47 bits per heavy atom. The van der Waals surface area contributed by atoms with Gasteiger partial charge in [-0.15, -0.1) is 0 Å². The molecule has 0 aliphatic rings. The normalized spacial score (nSPS) is 11.9. The molecule has 3 nitrogen and oxygen atoms in total. The van der Waals surface area contributed by atoms with Crippen LogP contribution in [-0.2, 0) is 0 Å². The molecule has 0 saturated carbocycles. The summed E-state index contributed by atoms with van der Waals surface area (Å²) in [4.78, 5) is 0. The van der Waals surface area contributed by atoms with Crippen LogP contribution >= 0.6 is 10.9 Å². The third-order valence-electron chi connectivity index (χ3n) is 1.99. The molecule has 0 bridgehead atoms. The Morgan fingerprint density at radius 2 is 1.12 bits per heavy atom. The van der Waals surface area contributed by atoms with Crippen LogP contribution in [0.2, 0.25) is 0 Å². The van der Waals surface area contributed by atoms with Gasteiger partial charge in [0.15, 0.2) is 10.9 Å². The van der Waals surface area contributed by atoms with Crippen LogP contribution in [0.3, 0.4) is 0 Å². The Hall–Kier alpha value is -1.65. The third-order valence-corrected chi connectivity index (χ3v) is 2.99. The number of benzene rings is 2. The molecule has 4 heteroatoms. The van der Waals surface area contributed by atoms with Crippen molar-refractivity contribution in [1.29, 1.82) is 0 Å². The fraction of sp³-hybridized carbons (Fsp3) is 0.0769. The molecule has 0 amide bonds. The second-order valence-corrected chi connectivity index (χ2v) is 5.33. The molecule has 0 spiro atoms. The smallest absolute Gasteiger partial charge is 0.175 e. The van der Waals surface area contributed by atoms with Gasteiger partial charge in [-0.2, -0.15) is 0 Å². The molecular weight excluding hydrogens is 236 g/mol. The zero-order valence-electron chi connectivity index (χ0n) is 9.45. The summed E-state index contributed by atoms with van der Waals surface area (Å²) in [6.07, 6.45) is 1.53. The molecule has 0 aliphatic carbocycles. The van der Waals surface area contributed by atoms with Gasteiger partial charge < -0.3 is 8.37 Å². The van der Waals surface area contributed by atoms with Crippen LogP contribution < -0.4 is 8.37 Å². The predicted molar refractivity (Wildman–Crippen MR) is 70.3 cm³/mol. The van der Waals surface area contributed by atoms with E-state index < -0.39 is 10.9 Å². The van der Waals surface area contributed by atoms with E-state index >= 15 is 0 Å². The van der Waals surface area contributed by atoms with E-state index in [0.717, 1.165) is 0 Å². The van der Waals surface area contributed by atoms with Gasteiger partial charge in [-0.3, -0.25) is 4.55 Å². The van der Waals surface area contributed by atoms with Gasteiger partial charge in [0.1, 0.15) is 11.5 Å². The van der Waals surface area contributed by atoms with E-state index in [2.05, 4.69) is 0 Å². The monoisotopic (exact) mass is 250 g/mol. The van der Waals surface area contributed by atoms with Crippen LogP contribution in [0.1, 0.15) is 0 Å². The van der Waals surface area contributed by atoms with Gasteiger partial charge in [0, 0.05) is 0 Å². The van der Waals surface area contributed by atoms with Crippen molar-refractivity contribution in [1.82, 2.24) is 0 Å². The number of hydrogen-bond acceptors (Lipinski definition) is 3. The first-order chi connectivity index (χ1) is 8.16. The van der Waals surface area contributed by atoms with Crippen molar-refractivity contribution < 1.29 is 12.9 Å². The summed E-state index contributed by atoms with van der Waals surface area (Å²) in [6.45, 7) is 0. The standard InChI is InChI=1S/C13H14O3S/c1-17(14,15-12-8-4-2-5-9-12)16-13-10-6-3-7-11-13/h2-11,14H,1H3. The Bertz CT molecular complexity index is 413. The van der Waals surface area contributed by atoms with Gasteiger partial charge in [-0.05, 0) is 24.3 Å². The summed E-state index contributed by atoms with van der Waals surface area (Å²) in [5.74, 6) is 1.17. The van der Waals surface area contributed by atoms with E-state index in [1.54, 1.807) is 24.3 Å². The lowest BCUT2D eigenvalue weighted by Crippen LogP contribution is -2.11. The van der Waals surface area contributed by atoms with Crippen LogP contribution in [-0.4, -0.2) is 10.8 Å². The van der Waals surface area contributed by atoms with Crippen molar-refractivity contribution in [3.63, 3.8) is 0 Å². The Kier molecular flexibility index (Phi) is 3.56. The first kappa shape index (κ1) is 11.8. The lowest BCUT2D eigenvalue weighted by molar-refractivity contribution is 0.396.